The van der Waals surface area contributed by atoms with Crippen LogP contribution in [-0.2, 0) is 11.2 Å². The maximum absolute atomic E-state index is 11.9. The van der Waals surface area contributed by atoms with Crippen LogP contribution < -0.4 is 10.6 Å². The topological polar surface area (TPSA) is 71.1 Å². The van der Waals surface area contributed by atoms with Crippen molar-refractivity contribution in [2.24, 2.45) is 0 Å². The average molecular weight is 301 g/mol. The summed E-state index contributed by atoms with van der Waals surface area (Å²) in [5.41, 5.74) is 1.22. The zero-order chi connectivity index (χ0) is 15.1. The van der Waals surface area contributed by atoms with Crippen LogP contribution in [0.2, 0.25) is 0 Å². The van der Waals surface area contributed by atoms with Gasteiger partial charge in [-0.15, -0.1) is 17.9 Å². The Hall–Kier alpha value is -2.47. The number of amides is 2. The molecule has 2 aromatic rings. The Bertz CT molecular complexity index is 637. The Morgan fingerprint density at radius 2 is 2.05 bits per heavy atom. The quantitative estimate of drug-likeness (QED) is 0.804. The Labute approximate surface area is 126 Å². The van der Waals surface area contributed by atoms with E-state index < -0.39 is 0 Å². The van der Waals surface area contributed by atoms with Crippen LogP contribution >= 0.6 is 11.3 Å². The fourth-order valence-electron chi connectivity index (χ4n) is 1.64. The van der Waals surface area contributed by atoms with Crippen molar-refractivity contribution >= 4 is 28.3 Å². The van der Waals surface area contributed by atoms with E-state index in [1.54, 1.807) is 11.5 Å². The summed E-state index contributed by atoms with van der Waals surface area (Å²) in [6.07, 6.45) is 1.87. The number of thiazole rings is 1. The van der Waals surface area contributed by atoms with Gasteiger partial charge in [0.1, 0.15) is 5.69 Å². The molecule has 0 unspecified atom stereocenters. The Balaban J connectivity index is 1.91. The number of aromatic nitrogens is 1. The molecule has 0 spiro atoms. The molecule has 0 aliphatic carbocycles. The Kier molecular flexibility index (Phi) is 5.22. The van der Waals surface area contributed by atoms with Crippen LogP contribution in [0.25, 0.3) is 0 Å². The molecule has 2 amide bonds. The minimum absolute atomic E-state index is 0.159. The van der Waals surface area contributed by atoms with E-state index in [1.807, 2.05) is 30.3 Å². The first-order valence-electron chi connectivity index (χ1n) is 6.37. The Morgan fingerprint density at radius 3 is 2.76 bits per heavy atom. The van der Waals surface area contributed by atoms with Gasteiger partial charge in [-0.05, 0) is 5.56 Å². The van der Waals surface area contributed by atoms with Crippen molar-refractivity contribution in [1.29, 1.82) is 0 Å². The number of hydrogen-bond donors (Lipinski definition) is 2. The van der Waals surface area contributed by atoms with E-state index in [2.05, 4.69) is 22.2 Å². The number of hydrogen-bond acceptors (Lipinski definition) is 4. The fourth-order valence-corrected chi connectivity index (χ4v) is 2.34. The van der Waals surface area contributed by atoms with Crippen molar-refractivity contribution in [3.05, 3.63) is 59.6 Å². The second-order valence-electron chi connectivity index (χ2n) is 4.25. The molecule has 1 aromatic carbocycles. The van der Waals surface area contributed by atoms with Crippen LogP contribution in [0.15, 0.2) is 48.4 Å². The zero-order valence-electron chi connectivity index (χ0n) is 11.3. The maximum Gasteiger partial charge on any atom is 0.271 e. The second kappa shape index (κ2) is 7.35. The molecule has 5 nitrogen and oxygen atoms in total. The lowest BCUT2D eigenvalue weighted by molar-refractivity contribution is -0.115. The monoisotopic (exact) mass is 301 g/mol. The fraction of sp³-hybridized carbons (Fsp3) is 0.133. The highest BCUT2D eigenvalue weighted by Crippen LogP contribution is 2.15. The molecular formula is C15H15N3O2S. The molecular weight excluding hydrogens is 286 g/mol. The lowest BCUT2D eigenvalue weighted by atomic mass is 10.1. The molecule has 6 heteroatoms. The van der Waals surface area contributed by atoms with Gasteiger partial charge >= 0.3 is 0 Å². The van der Waals surface area contributed by atoms with E-state index >= 15 is 0 Å². The van der Waals surface area contributed by atoms with Gasteiger partial charge in [0.25, 0.3) is 5.91 Å². The molecule has 0 aliphatic rings. The summed E-state index contributed by atoms with van der Waals surface area (Å²) < 4.78 is 0. The molecule has 0 radical (unpaired) electrons. The molecule has 1 aromatic heterocycles. The van der Waals surface area contributed by atoms with E-state index in [9.17, 15) is 9.59 Å². The molecule has 108 valence electrons. The van der Waals surface area contributed by atoms with Crippen molar-refractivity contribution in [3.63, 3.8) is 0 Å². The molecule has 0 saturated carbocycles. The predicted molar refractivity (Wildman–Crippen MR) is 83.4 cm³/mol. The van der Waals surface area contributed by atoms with Crippen molar-refractivity contribution in [3.8, 4) is 0 Å². The molecule has 0 aliphatic heterocycles. The van der Waals surface area contributed by atoms with Gasteiger partial charge in [0, 0.05) is 11.9 Å². The van der Waals surface area contributed by atoms with Gasteiger partial charge in [0.05, 0.1) is 6.42 Å². The summed E-state index contributed by atoms with van der Waals surface area (Å²) in [5.74, 6) is -0.441. The first-order valence-corrected chi connectivity index (χ1v) is 7.25. The molecule has 0 saturated heterocycles. The third-order valence-corrected chi connectivity index (χ3v) is 3.36. The van der Waals surface area contributed by atoms with Crippen LogP contribution in [0, 0.1) is 0 Å². The standard InChI is InChI=1S/C15H15N3O2S/c1-2-8-16-14(20)12-10-21-15(17-12)18-13(19)9-11-6-4-3-5-7-11/h2-7,10H,1,8-9H2,(H,16,20)(H,17,18,19). The first kappa shape index (κ1) is 14.9. The highest BCUT2D eigenvalue weighted by Gasteiger charge is 2.11. The molecule has 2 N–H and O–H groups in total. The van der Waals surface area contributed by atoms with Gasteiger partial charge in [0.15, 0.2) is 5.13 Å². The van der Waals surface area contributed by atoms with Crippen LogP contribution in [0.5, 0.6) is 0 Å². The van der Waals surface area contributed by atoms with E-state index in [1.165, 1.54) is 11.3 Å². The third kappa shape index (κ3) is 4.54. The van der Waals surface area contributed by atoms with Crippen molar-refractivity contribution in [2.45, 2.75) is 6.42 Å². The van der Waals surface area contributed by atoms with Gasteiger partial charge in [-0.3, -0.25) is 9.59 Å². The SMILES string of the molecule is C=CCNC(=O)c1csc(NC(=O)Cc2ccccc2)n1. The summed E-state index contributed by atoms with van der Waals surface area (Å²) >= 11 is 1.22. The summed E-state index contributed by atoms with van der Waals surface area (Å²) in [7, 11) is 0. The van der Waals surface area contributed by atoms with Gasteiger partial charge < -0.3 is 10.6 Å². The van der Waals surface area contributed by atoms with E-state index in [0.717, 1.165) is 5.56 Å². The molecule has 0 bridgehead atoms. The number of carbonyl (C=O) groups is 2. The van der Waals surface area contributed by atoms with Gasteiger partial charge in [-0.2, -0.15) is 0 Å². The number of rotatable bonds is 6. The minimum Gasteiger partial charge on any atom is -0.347 e. The van der Waals surface area contributed by atoms with Crippen LogP contribution in [0.1, 0.15) is 16.1 Å². The van der Waals surface area contributed by atoms with Gasteiger partial charge in [-0.25, -0.2) is 4.98 Å². The molecule has 2 rings (SSSR count). The van der Waals surface area contributed by atoms with E-state index in [0.29, 0.717) is 11.7 Å². The predicted octanol–water partition coefficient (Wildman–Crippen LogP) is 2.24. The number of anilines is 1. The zero-order valence-corrected chi connectivity index (χ0v) is 12.2. The van der Waals surface area contributed by atoms with Crippen molar-refractivity contribution in [1.82, 2.24) is 10.3 Å². The summed E-state index contributed by atoms with van der Waals surface area (Å²) in [6, 6.07) is 9.43. The average Bonchev–Trinajstić information content (AvgIpc) is 2.94. The number of nitrogens with zero attached hydrogens (tertiary/aromatic N) is 1. The molecule has 21 heavy (non-hydrogen) atoms. The normalized spacial score (nSPS) is 9.90. The lowest BCUT2D eigenvalue weighted by Gasteiger charge is -2.01. The minimum atomic E-state index is -0.283. The molecule has 1 heterocycles. The summed E-state index contributed by atoms with van der Waals surface area (Å²) in [5, 5.41) is 7.34. The van der Waals surface area contributed by atoms with E-state index in [-0.39, 0.29) is 23.9 Å². The summed E-state index contributed by atoms with van der Waals surface area (Å²) in [4.78, 5) is 27.6. The van der Waals surface area contributed by atoms with Crippen LogP contribution in [-0.4, -0.2) is 23.3 Å². The highest BCUT2D eigenvalue weighted by molar-refractivity contribution is 7.14. The third-order valence-electron chi connectivity index (χ3n) is 2.60. The Morgan fingerprint density at radius 1 is 1.29 bits per heavy atom. The number of nitrogens with one attached hydrogen (secondary N) is 2. The number of carbonyl (C=O) groups excluding carboxylic acids is 2. The van der Waals surface area contributed by atoms with Gasteiger partial charge in [-0.1, -0.05) is 36.4 Å². The second-order valence-corrected chi connectivity index (χ2v) is 5.11. The largest absolute Gasteiger partial charge is 0.347 e. The van der Waals surface area contributed by atoms with E-state index in [4.69, 9.17) is 0 Å². The highest BCUT2D eigenvalue weighted by atomic mass is 32.1. The summed E-state index contributed by atoms with van der Waals surface area (Å²) in [6.45, 7) is 3.90. The first-order chi connectivity index (χ1) is 10.2. The molecule has 0 fully saturated rings. The van der Waals surface area contributed by atoms with Crippen LogP contribution in [0.4, 0.5) is 5.13 Å². The maximum atomic E-state index is 11.9. The molecule has 0 atom stereocenters. The van der Waals surface area contributed by atoms with Crippen molar-refractivity contribution in [2.75, 3.05) is 11.9 Å². The van der Waals surface area contributed by atoms with Gasteiger partial charge in [0.2, 0.25) is 5.91 Å². The van der Waals surface area contributed by atoms with Crippen LogP contribution in [0.3, 0.4) is 0 Å². The number of benzene rings is 1. The van der Waals surface area contributed by atoms with Crippen molar-refractivity contribution < 1.29 is 9.59 Å². The lowest BCUT2D eigenvalue weighted by Crippen LogP contribution is -2.23. The smallest absolute Gasteiger partial charge is 0.271 e.